The molecule has 0 aliphatic carbocycles. The van der Waals surface area contributed by atoms with Crippen molar-refractivity contribution >= 4 is 27.9 Å². The summed E-state index contributed by atoms with van der Waals surface area (Å²) in [7, 11) is 0. The van der Waals surface area contributed by atoms with E-state index in [0.717, 1.165) is 0 Å². The third kappa shape index (κ3) is 0.967. The number of nitrogens with zero attached hydrogens (tertiary/aromatic N) is 2. The first-order chi connectivity index (χ1) is 5.79. The van der Waals surface area contributed by atoms with Gasteiger partial charge in [0.15, 0.2) is 0 Å². The van der Waals surface area contributed by atoms with Crippen molar-refractivity contribution in [3.05, 3.63) is 24.3 Å². The van der Waals surface area contributed by atoms with Crippen molar-refractivity contribution < 1.29 is 4.79 Å². The van der Waals surface area contributed by atoms with E-state index in [9.17, 15) is 4.79 Å². The van der Waals surface area contributed by atoms with Gasteiger partial charge in [0.1, 0.15) is 17.7 Å². The minimum Gasteiger partial charge on any atom is -0.346 e. The van der Waals surface area contributed by atoms with Gasteiger partial charge in [0.2, 0.25) is 0 Å². The molecule has 0 bridgehead atoms. The molecule has 1 N–H and O–H groups in total. The van der Waals surface area contributed by atoms with Crippen molar-refractivity contribution in [3.63, 3.8) is 0 Å². The van der Waals surface area contributed by atoms with E-state index in [1.165, 1.54) is 6.33 Å². The van der Waals surface area contributed by atoms with Crippen LogP contribution in [0.2, 0.25) is 0 Å². The van der Waals surface area contributed by atoms with Crippen molar-refractivity contribution in [2.75, 3.05) is 0 Å². The molecule has 4 nitrogen and oxygen atoms in total. The van der Waals surface area contributed by atoms with Crippen LogP contribution in [0.1, 0.15) is 10.5 Å². The number of hydrogen-bond donors (Lipinski definition) is 1. The fourth-order valence-electron chi connectivity index (χ4n) is 1.03. The quantitative estimate of drug-likeness (QED) is 0.676. The summed E-state index contributed by atoms with van der Waals surface area (Å²) >= 11 is 5.30. The smallest absolute Gasteiger partial charge is 0.271 e. The van der Waals surface area contributed by atoms with Crippen molar-refractivity contribution in [1.29, 1.82) is 0 Å². The van der Waals surface area contributed by atoms with Crippen LogP contribution in [0.25, 0.3) is 11.0 Å². The van der Waals surface area contributed by atoms with E-state index >= 15 is 0 Å². The first-order valence-electron chi connectivity index (χ1n) is 3.27. The summed E-state index contributed by atoms with van der Waals surface area (Å²) in [5.41, 5.74) is 0.858. The molecule has 12 heavy (non-hydrogen) atoms. The highest BCUT2D eigenvalue weighted by Crippen LogP contribution is 2.13. The topological polar surface area (TPSA) is 58.6 Å². The van der Waals surface area contributed by atoms with Crippen molar-refractivity contribution in [2.45, 2.75) is 0 Å². The molecule has 0 aliphatic heterocycles. The molecule has 0 saturated carbocycles. The van der Waals surface area contributed by atoms with Gasteiger partial charge in [0, 0.05) is 11.6 Å². The maximum atomic E-state index is 10.8. The van der Waals surface area contributed by atoms with Gasteiger partial charge in [-0.1, -0.05) is 0 Å². The molecule has 0 saturated heterocycles. The zero-order valence-corrected chi connectivity index (χ0v) is 6.67. The Morgan fingerprint density at radius 1 is 1.50 bits per heavy atom. The Labute approximate surface area is 72.6 Å². The fraction of sp³-hybridized carbons (Fsp3) is 0. The Kier molecular flexibility index (Phi) is 1.55. The number of fused-ring (bicyclic) bond motifs is 1. The normalized spacial score (nSPS) is 10.4. The maximum Gasteiger partial charge on any atom is 0.271 e. The van der Waals surface area contributed by atoms with E-state index in [1.807, 2.05) is 0 Å². The molecule has 0 atom stereocenters. The summed E-state index contributed by atoms with van der Waals surface area (Å²) in [5, 5.41) is 0.0829. The second-order valence-corrected chi connectivity index (χ2v) is 2.58. The van der Waals surface area contributed by atoms with Gasteiger partial charge in [0.05, 0.1) is 0 Å². The van der Waals surface area contributed by atoms with E-state index in [-0.39, 0.29) is 5.69 Å². The van der Waals surface area contributed by atoms with E-state index in [0.29, 0.717) is 11.0 Å². The number of carbonyl (C=O) groups is 1. The van der Waals surface area contributed by atoms with Gasteiger partial charge in [-0.05, 0) is 17.7 Å². The van der Waals surface area contributed by atoms with E-state index in [2.05, 4.69) is 15.0 Å². The van der Waals surface area contributed by atoms with Gasteiger partial charge in [0.25, 0.3) is 5.24 Å². The largest absolute Gasteiger partial charge is 0.346 e. The van der Waals surface area contributed by atoms with Gasteiger partial charge >= 0.3 is 0 Å². The fourth-order valence-corrected chi connectivity index (χ4v) is 1.18. The number of aromatic amines is 1. The summed E-state index contributed by atoms with van der Waals surface area (Å²) in [6.45, 7) is 0. The van der Waals surface area contributed by atoms with E-state index < -0.39 is 5.24 Å². The summed E-state index contributed by atoms with van der Waals surface area (Å²) < 4.78 is 0. The molecule has 2 aromatic heterocycles. The molecule has 0 amide bonds. The molecule has 2 heterocycles. The SMILES string of the molecule is O=C(Cl)c1ncnc2[nH]ccc12. The highest BCUT2D eigenvalue weighted by atomic mass is 35.5. The first-order valence-corrected chi connectivity index (χ1v) is 3.65. The third-order valence-corrected chi connectivity index (χ3v) is 1.72. The van der Waals surface area contributed by atoms with Gasteiger partial charge in [-0.2, -0.15) is 0 Å². The van der Waals surface area contributed by atoms with Crippen LogP contribution in [0.4, 0.5) is 0 Å². The summed E-state index contributed by atoms with van der Waals surface area (Å²) in [6, 6.07) is 1.71. The van der Waals surface area contributed by atoms with Crippen molar-refractivity contribution in [2.24, 2.45) is 0 Å². The van der Waals surface area contributed by atoms with E-state index in [4.69, 9.17) is 11.6 Å². The highest BCUT2D eigenvalue weighted by molar-refractivity contribution is 6.68. The Hall–Kier alpha value is -1.42. The van der Waals surface area contributed by atoms with Crippen LogP contribution in [-0.4, -0.2) is 20.2 Å². The molecule has 2 rings (SSSR count). The predicted molar refractivity (Wildman–Crippen MR) is 44.1 cm³/mol. The molecule has 60 valence electrons. The molecule has 0 aromatic carbocycles. The molecule has 0 aliphatic rings. The number of rotatable bonds is 1. The lowest BCUT2D eigenvalue weighted by Gasteiger charge is -1.92. The molecule has 0 unspecified atom stereocenters. The second kappa shape index (κ2) is 2.57. The second-order valence-electron chi connectivity index (χ2n) is 2.24. The number of aromatic nitrogens is 3. The van der Waals surface area contributed by atoms with Crippen LogP contribution in [0, 0.1) is 0 Å². The lowest BCUT2D eigenvalue weighted by Crippen LogP contribution is -1.95. The molecule has 0 fully saturated rings. The van der Waals surface area contributed by atoms with Crippen LogP contribution >= 0.6 is 11.6 Å². The lowest BCUT2D eigenvalue weighted by atomic mass is 10.3. The van der Waals surface area contributed by atoms with Gasteiger partial charge in [-0.25, -0.2) is 9.97 Å². The standard InChI is InChI=1S/C7H4ClN3O/c8-6(12)5-4-1-2-9-7(4)11-3-10-5/h1-3H,(H,9,10,11). The summed E-state index contributed by atoms with van der Waals surface area (Å²) in [5.74, 6) is 0. The molecular formula is C7H4ClN3O. The van der Waals surface area contributed by atoms with Crippen molar-refractivity contribution in [1.82, 2.24) is 15.0 Å². The molecule has 0 radical (unpaired) electrons. The average molecular weight is 182 g/mol. The van der Waals surface area contributed by atoms with Gasteiger partial charge in [-0.15, -0.1) is 0 Å². The van der Waals surface area contributed by atoms with Crippen LogP contribution in [0.15, 0.2) is 18.6 Å². The Morgan fingerprint density at radius 3 is 3.08 bits per heavy atom. The monoisotopic (exact) mass is 181 g/mol. The number of carbonyl (C=O) groups excluding carboxylic acids is 1. The summed E-state index contributed by atoms with van der Waals surface area (Å²) in [4.78, 5) is 21.3. The van der Waals surface area contributed by atoms with Gasteiger partial charge < -0.3 is 4.98 Å². The zero-order chi connectivity index (χ0) is 8.55. The van der Waals surface area contributed by atoms with Crippen LogP contribution in [0.5, 0.6) is 0 Å². The molecular weight excluding hydrogens is 178 g/mol. The number of halogens is 1. The lowest BCUT2D eigenvalue weighted by molar-refractivity contribution is 0.107. The first kappa shape index (κ1) is 7.24. The molecule has 2 aromatic rings. The van der Waals surface area contributed by atoms with Crippen LogP contribution in [-0.2, 0) is 0 Å². The number of H-pyrrole nitrogens is 1. The third-order valence-electron chi connectivity index (χ3n) is 1.54. The van der Waals surface area contributed by atoms with Crippen LogP contribution in [0.3, 0.4) is 0 Å². The van der Waals surface area contributed by atoms with E-state index in [1.54, 1.807) is 12.3 Å². The Bertz CT molecular complexity index is 437. The number of hydrogen-bond acceptors (Lipinski definition) is 3. The maximum absolute atomic E-state index is 10.8. The minimum atomic E-state index is -0.568. The molecule has 5 heteroatoms. The van der Waals surface area contributed by atoms with Gasteiger partial charge in [-0.3, -0.25) is 4.79 Å². The van der Waals surface area contributed by atoms with Crippen molar-refractivity contribution in [3.8, 4) is 0 Å². The predicted octanol–water partition coefficient (Wildman–Crippen LogP) is 1.34. The number of nitrogens with one attached hydrogen (secondary N) is 1. The Morgan fingerprint density at radius 2 is 2.33 bits per heavy atom. The van der Waals surface area contributed by atoms with Crippen LogP contribution < -0.4 is 0 Å². The summed E-state index contributed by atoms with van der Waals surface area (Å²) in [6.07, 6.45) is 2.98. The zero-order valence-electron chi connectivity index (χ0n) is 5.91. The minimum absolute atomic E-state index is 0.239. The Balaban J connectivity index is 2.82. The molecule has 0 spiro atoms. The average Bonchev–Trinajstić information content (AvgIpc) is 2.49. The highest BCUT2D eigenvalue weighted by Gasteiger charge is 2.09.